The smallest absolute Gasteiger partial charge is 0.198 e. The molecule has 1 aliphatic rings. The van der Waals surface area contributed by atoms with Crippen LogP contribution in [-0.4, -0.2) is 11.6 Å². The van der Waals surface area contributed by atoms with Gasteiger partial charge in [0.1, 0.15) is 0 Å². The van der Waals surface area contributed by atoms with Crippen molar-refractivity contribution in [3.8, 4) is 0 Å². The van der Waals surface area contributed by atoms with Crippen LogP contribution in [0.1, 0.15) is 0 Å². The van der Waals surface area contributed by atoms with E-state index in [2.05, 4.69) is 6.08 Å². The van der Waals surface area contributed by atoms with Crippen molar-refractivity contribution in [3.63, 3.8) is 0 Å². The summed E-state index contributed by atoms with van der Waals surface area (Å²) in [4.78, 5) is 20.8. The fourth-order valence-corrected chi connectivity index (χ4v) is 0.592. The minimum absolute atomic E-state index is 0.137. The van der Waals surface area contributed by atoms with E-state index in [0.29, 0.717) is 0 Å². The molecular formula is C6H2ClO2. The highest BCUT2D eigenvalue weighted by atomic mass is 35.5. The summed E-state index contributed by atoms with van der Waals surface area (Å²) in [6, 6.07) is 0. The van der Waals surface area contributed by atoms with Crippen molar-refractivity contribution in [1.29, 1.82) is 0 Å². The van der Waals surface area contributed by atoms with E-state index < -0.39 is 0 Å². The topological polar surface area (TPSA) is 34.1 Å². The molecule has 45 valence electrons. The van der Waals surface area contributed by atoms with E-state index in [9.17, 15) is 9.59 Å². The van der Waals surface area contributed by atoms with Crippen molar-refractivity contribution in [2.75, 3.05) is 0 Å². The highest BCUT2D eigenvalue weighted by molar-refractivity contribution is 6.46. The molecule has 1 aliphatic carbocycles. The third kappa shape index (κ3) is 1.27. The average molecular weight is 142 g/mol. The Kier molecular flexibility index (Phi) is 1.49. The summed E-state index contributed by atoms with van der Waals surface area (Å²) >= 11 is 5.25. The van der Waals surface area contributed by atoms with E-state index >= 15 is 0 Å². The number of ketones is 2. The zero-order valence-electron chi connectivity index (χ0n) is 4.35. The lowest BCUT2D eigenvalue weighted by Gasteiger charge is -1.93. The predicted octanol–water partition coefficient (Wildman–Crippen LogP) is 0.620. The van der Waals surface area contributed by atoms with E-state index in [1.807, 2.05) is 0 Å². The van der Waals surface area contributed by atoms with Gasteiger partial charge in [-0.1, -0.05) is 11.6 Å². The maximum absolute atomic E-state index is 10.5. The SMILES string of the molecule is O=C1[C]=C(Cl)C(=O)C=C1. The molecule has 0 heterocycles. The molecule has 0 unspecified atom stereocenters. The van der Waals surface area contributed by atoms with Crippen LogP contribution in [0.4, 0.5) is 0 Å². The van der Waals surface area contributed by atoms with Crippen LogP contribution in [-0.2, 0) is 9.59 Å². The highest BCUT2D eigenvalue weighted by Crippen LogP contribution is 2.07. The van der Waals surface area contributed by atoms with Gasteiger partial charge in [0.15, 0.2) is 11.6 Å². The first-order valence-electron chi connectivity index (χ1n) is 2.26. The van der Waals surface area contributed by atoms with E-state index in [1.165, 1.54) is 0 Å². The third-order valence-electron chi connectivity index (χ3n) is 0.835. The van der Waals surface area contributed by atoms with Crippen LogP contribution in [0.25, 0.3) is 0 Å². The lowest BCUT2D eigenvalue weighted by Crippen LogP contribution is -2.03. The minimum Gasteiger partial charge on any atom is -0.289 e. The first-order valence-corrected chi connectivity index (χ1v) is 2.64. The van der Waals surface area contributed by atoms with Crippen molar-refractivity contribution in [3.05, 3.63) is 23.3 Å². The standard InChI is InChI=1S/C6H2ClO2/c7-5-3-4(8)1-2-6(5)9/h1-2H. The number of hydrogen-bond donors (Lipinski definition) is 0. The maximum atomic E-state index is 10.5. The van der Waals surface area contributed by atoms with Crippen LogP contribution >= 0.6 is 11.6 Å². The second-order valence-electron chi connectivity index (χ2n) is 1.50. The van der Waals surface area contributed by atoms with Crippen molar-refractivity contribution in [1.82, 2.24) is 0 Å². The monoisotopic (exact) mass is 141 g/mol. The molecule has 0 saturated carbocycles. The van der Waals surface area contributed by atoms with Crippen LogP contribution in [0.15, 0.2) is 17.2 Å². The number of allylic oxidation sites excluding steroid dienone is 4. The van der Waals surface area contributed by atoms with Gasteiger partial charge in [-0.05, 0) is 12.2 Å². The molecule has 0 N–H and O–H groups in total. The molecule has 1 radical (unpaired) electrons. The van der Waals surface area contributed by atoms with Crippen molar-refractivity contribution >= 4 is 23.2 Å². The number of carbonyl (C=O) groups is 2. The molecule has 0 aromatic rings. The van der Waals surface area contributed by atoms with E-state index in [-0.39, 0.29) is 16.6 Å². The lowest BCUT2D eigenvalue weighted by atomic mass is 10.2. The Bertz CT molecular complexity index is 225. The zero-order chi connectivity index (χ0) is 6.85. The zero-order valence-corrected chi connectivity index (χ0v) is 5.11. The fourth-order valence-electron chi connectivity index (χ4n) is 0.436. The molecule has 1 rings (SSSR count). The quantitative estimate of drug-likeness (QED) is 0.464. The Morgan fingerprint density at radius 1 is 1.33 bits per heavy atom. The summed E-state index contributed by atoms with van der Waals surface area (Å²) in [5.41, 5.74) is 0. The lowest BCUT2D eigenvalue weighted by molar-refractivity contribution is -0.114. The van der Waals surface area contributed by atoms with Gasteiger partial charge in [0.2, 0.25) is 0 Å². The van der Waals surface area contributed by atoms with Gasteiger partial charge >= 0.3 is 0 Å². The number of hydrogen-bond acceptors (Lipinski definition) is 2. The van der Waals surface area contributed by atoms with Crippen LogP contribution in [0.5, 0.6) is 0 Å². The van der Waals surface area contributed by atoms with Gasteiger partial charge < -0.3 is 0 Å². The first-order chi connectivity index (χ1) is 4.20. The summed E-state index contributed by atoms with van der Waals surface area (Å²) in [5, 5.41) is -0.137. The van der Waals surface area contributed by atoms with Gasteiger partial charge in [0.05, 0.1) is 11.1 Å². The molecule has 0 bridgehead atoms. The van der Waals surface area contributed by atoms with Crippen molar-refractivity contribution in [2.45, 2.75) is 0 Å². The van der Waals surface area contributed by atoms with Crippen LogP contribution in [0.3, 0.4) is 0 Å². The van der Waals surface area contributed by atoms with Gasteiger partial charge in [0.25, 0.3) is 0 Å². The number of rotatable bonds is 0. The molecule has 0 saturated heterocycles. The summed E-state index contributed by atoms with van der Waals surface area (Å²) in [5.74, 6) is -0.726. The highest BCUT2D eigenvalue weighted by Gasteiger charge is 2.09. The molecule has 9 heavy (non-hydrogen) atoms. The average Bonchev–Trinajstić information content (AvgIpc) is 1.80. The second-order valence-corrected chi connectivity index (χ2v) is 1.88. The Morgan fingerprint density at radius 2 is 2.00 bits per heavy atom. The normalized spacial score (nSPS) is 18.1. The van der Waals surface area contributed by atoms with Crippen molar-refractivity contribution in [2.24, 2.45) is 0 Å². The minimum atomic E-state index is -0.365. The molecule has 0 spiro atoms. The maximum Gasteiger partial charge on any atom is 0.198 e. The van der Waals surface area contributed by atoms with Crippen LogP contribution in [0.2, 0.25) is 0 Å². The molecule has 0 atom stereocenters. The summed E-state index contributed by atoms with van der Waals surface area (Å²) in [7, 11) is 0. The van der Waals surface area contributed by atoms with Gasteiger partial charge in [-0.3, -0.25) is 9.59 Å². The fraction of sp³-hybridized carbons (Fsp3) is 0. The van der Waals surface area contributed by atoms with Gasteiger partial charge in [-0.25, -0.2) is 0 Å². The molecule has 0 fully saturated rings. The Hall–Kier alpha value is -0.890. The molecule has 2 nitrogen and oxygen atoms in total. The molecule has 0 aromatic carbocycles. The Balaban J connectivity index is 2.95. The molecular weight excluding hydrogens is 140 g/mol. The van der Waals surface area contributed by atoms with E-state index in [4.69, 9.17) is 11.6 Å². The van der Waals surface area contributed by atoms with Crippen molar-refractivity contribution < 1.29 is 9.59 Å². The summed E-state index contributed by atoms with van der Waals surface area (Å²) < 4.78 is 0. The molecule has 0 amide bonds. The number of carbonyl (C=O) groups excluding carboxylic acids is 2. The van der Waals surface area contributed by atoms with E-state index in [1.54, 1.807) is 0 Å². The number of halogens is 1. The first kappa shape index (κ1) is 6.23. The van der Waals surface area contributed by atoms with Crippen LogP contribution in [0, 0.1) is 6.08 Å². The van der Waals surface area contributed by atoms with Gasteiger partial charge in [0, 0.05) is 0 Å². The summed E-state index contributed by atoms with van der Waals surface area (Å²) in [6.07, 6.45) is 4.40. The predicted molar refractivity (Wildman–Crippen MR) is 31.8 cm³/mol. The summed E-state index contributed by atoms with van der Waals surface area (Å²) in [6.45, 7) is 0. The van der Waals surface area contributed by atoms with Gasteiger partial charge in [-0.2, -0.15) is 0 Å². The van der Waals surface area contributed by atoms with Crippen LogP contribution < -0.4 is 0 Å². The molecule has 0 aliphatic heterocycles. The Morgan fingerprint density at radius 3 is 2.44 bits per heavy atom. The largest absolute Gasteiger partial charge is 0.289 e. The third-order valence-corrected chi connectivity index (χ3v) is 1.12. The molecule has 3 heteroatoms. The molecule has 0 aromatic heterocycles. The Labute approximate surface area is 56.8 Å². The van der Waals surface area contributed by atoms with Gasteiger partial charge in [-0.15, -0.1) is 0 Å². The van der Waals surface area contributed by atoms with E-state index in [0.717, 1.165) is 12.2 Å². The second kappa shape index (κ2) is 2.15.